The highest BCUT2D eigenvalue weighted by Crippen LogP contribution is 2.20. The lowest BCUT2D eigenvalue weighted by Crippen LogP contribution is -2.00. The van der Waals surface area contributed by atoms with Crippen LogP contribution >= 0.6 is 0 Å². The van der Waals surface area contributed by atoms with Crippen molar-refractivity contribution in [2.75, 3.05) is 5.73 Å². The molecule has 2 N–H and O–H groups in total. The van der Waals surface area contributed by atoms with Crippen molar-refractivity contribution in [3.05, 3.63) is 66.2 Å². The smallest absolute Gasteiger partial charge is 0.0674 e. The summed E-state index contributed by atoms with van der Waals surface area (Å²) < 4.78 is 1.91. The molecule has 0 saturated carbocycles. The second-order valence-corrected chi connectivity index (χ2v) is 4.92. The number of nitrogen functional groups attached to an aromatic ring is 1. The molecule has 4 nitrogen and oxygen atoms in total. The highest BCUT2D eigenvalue weighted by Gasteiger charge is 2.03. The van der Waals surface area contributed by atoms with Gasteiger partial charge in [-0.1, -0.05) is 18.2 Å². The van der Waals surface area contributed by atoms with Crippen LogP contribution in [0.15, 0.2) is 55.1 Å². The first-order valence-electron chi connectivity index (χ1n) is 6.49. The molecule has 0 atom stereocenters. The van der Waals surface area contributed by atoms with Crippen molar-refractivity contribution in [1.29, 1.82) is 0 Å². The van der Waals surface area contributed by atoms with Gasteiger partial charge in [-0.3, -0.25) is 9.67 Å². The molecule has 0 spiro atoms. The average Bonchev–Trinajstić information content (AvgIpc) is 2.87. The van der Waals surface area contributed by atoms with Gasteiger partial charge in [0.15, 0.2) is 0 Å². The fourth-order valence-electron chi connectivity index (χ4n) is 2.21. The Kier molecular flexibility index (Phi) is 3.21. The molecule has 0 fully saturated rings. The Hall–Kier alpha value is -2.62. The van der Waals surface area contributed by atoms with Crippen molar-refractivity contribution in [3.63, 3.8) is 0 Å². The predicted molar refractivity (Wildman–Crippen MR) is 80.2 cm³/mol. The maximum Gasteiger partial charge on any atom is 0.0674 e. The van der Waals surface area contributed by atoms with Gasteiger partial charge in [-0.25, -0.2) is 0 Å². The molecule has 0 aliphatic heterocycles. The van der Waals surface area contributed by atoms with Crippen LogP contribution in [-0.2, 0) is 6.54 Å². The number of hydrogen-bond donors (Lipinski definition) is 1. The van der Waals surface area contributed by atoms with E-state index >= 15 is 0 Å². The number of benzene rings is 1. The molecule has 1 aromatic carbocycles. The van der Waals surface area contributed by atoms with E-state index in [4.69, 9.17) is 5.73 Å². The van der Waals surface area contributed by atoms with E-state index in [1.54, 1.807) is 0 Å². The van der Waals surface area contributed by atoms with Gasteiger partial charge in [0.05, 0.1) is 12.7 Å². The molecule has 20 heavy (non-hydrogen) atoms. The summed E-state index contributed by atoms with van der Waals surface area (Å²) >= 11 is 0. The SMILES string of the molecule is Cc1cncc(Cn2cc(-c3cccc(N)c3)cn2)c1. The minimum Gasteiger partial charge on any atom is -0.399 e. The third-order valence-corrected chi connectivity index (χ3v) is 3.13. The van der Waals surface area contributed by atoms with Gasteiger partial charge in [-0.2, -0.15) is 5.10 Å². The van der Waals surface area contributed by atoms with Gasteiger partial charge >= 0.3 is 0 Å². The molecular formula is C16H16N4. The second kappa shape index (κ2) is 5.17. The molecule has 100 valence electrons. The van der Waals surface area contributed by atoms with E-state index in [-0.39, 0.29) is 0 Å². The molecule has 0 radical (unpaired) electrons. The van der Waals surface area contributed by atoms with E-state index < -0.39 is 0 Å². The molecule has 3 rings (SSSR count). The van der Waals surface area contributed by atoms with Crippen LogP contribution in [0, 0.1) is 6.92 Å². The van der Waals surface area contributed by atoms with E-state index in [0.29, 0.717) is 0 Å². The fourth-order valence-corrected chi connectivity index (χ4v) is 2.21. The molecule has 0 aliphatic carbocycles. The Morgan fingerprint density at radius 2 is 2.00 bits per heavy atom. The van der Waals surface area contributed by atoms with Gasteiger partial charge < -0.3 is 5.73 Å². The van der Waals surface area contributed by atoms with Crippen LogP contribution in [-0.4, -0.2) is 14.8 Å². The molecule has 0 amide bonds. The topological polar surface area (TPSA) is 56.7 Å². The van der Waals surface area contributed by atoms with Crippen LogP contribution in [0.4, 0.5) is 5.69 Å². The Balaban J connectivity index is 1.84. The zero-order valence-corrected chi connectivity index (χ0v) is 11.3. The van der Waals surface area contributed by atoms with E-state index in [1.807, 2.05) is 60.7 Å². The lowest BCUT2D eigenvalue weighted by atomic mass is 10.1. The van der Waals surface area contributed by atoms with Crippen molar-refractivity contribution in [2.45, 2.75) is 13.5 Å². The molecule has 2 heterocycles. The van der Waals surface area contributed by atoms with Crippen molar-refractivity contribution in [1.82, 2.24) is 14.8 Å². The van der Waals surface area contributed by atoms with Crippen molar-refractivity contribution < 1.29 is 0 Å². The minimum absolute atomic E-state index is 0.719. The van der Waals surface area contributed by atoms with E-state index in [9.17, 15) is 0 Å². The lowest BCUT2D eigenvalue weighted by molar-refractivity contribution is 0.684. The number of rotatable bonds is 3. The Morgan fingerprint density at radius 3 is 2.80 bits per heavy atom. The summed E-state index contributed by atoms with van der Waals surface area (Å²) in [5.74, 6) is 0. The van der Waals surface area contributed by atoms with Gasteiger partial charge in [-0.15, -0.1) is 0 Å². The zero-order chi connectivity index (χ0) is 13.9. The largest absolute Gasteiger partial charge is 0.399 e. The van der Waals surface area contributed by atoms with Crippen LogP contribution in [0.2, 0.25) is 0 Å². The number of nitrogens with two attached hydrogens (primary N) is 1. The van der Waals surface area contributed by atoms with Gasteiger partial charge in [-0.05, 0) is 35.7 Å². The summed E-state index contributed by atoms with van der Waals surface area (Å²) in [5, 5.41) is 4.40. The van der Waals surface area contributed by atoms with Crippen LogP contribution < -0.4 is 5.73 Å². The van der Waals surface area contributed by atoms with Crippen LogP contribution in [0.5, 0.6) is 0 Å². The summed E-state index contributed by atoms with van der Waals surface area (Å²) in [7, 11) is 0. The Bertz CT molecular complexity index is 731. The number of anilines is 1. The molecule has 0 aliphatic rings. The summed E-state index contributed by atoms with van der Waals surface area (Å²) in [4.78, 5) is 4.20. The van der Waals surface area contributed by atoms with Gasteiger partial charge in [0.1, 0.15) is 0 Å². The van der Waals surface area contributed by atoms with Gasteiger partial charge in [0, 0.05) is 29.8 Å². The normalized spacial score (nSPS) is 10.7. The van der Waals surface area contributed by atoms with E-state index in [1.165, 1.54) is 0 Å². The summed E-state index contributed by atoms with van der Waals surface area (Å²) in [6.45, 7) is 2.76. The van der Waals surface area contributed by atoms with Gasteiger partial charge in [0.25, 0.3) is 0 Å². The Labute approximate surface area is 117 Å². The molecule has 3 aromatic rings. The first-order chi connectivity index (χ1) is 9.70. The number of hydrogen-bond acceptors (Lipinski definition) is 3. The van der Waals surface area contributed by atoms with Gasteiger partial charge in [0.2, 0.25) is 0 Å². The quantitative estimate of drug-likeness (QED) is 0.740. The number of nitrogens with zero attached hydrogens (tertiary/aromatic N) is 3. The highest BCUT2D eigenvalue weighted by molar-refractivity contribution is 5.65. The molecule has 0 unspecified atom stereocenters. The van der Waals surface area contributed by atoms with Crippen LogP contribution in [0.3, 0.4) is 0 Å². The van der Waals surface area contributed by atoms with Crippen LogP contribution in [0.25, 0.3) is 11.1 Å². The van der Waals surface area contributed by atoms with Crippen molar-refractivity contribution >= 4 is 5.69 Å². The zero-order valence-electron chi connectivity index (χ0n) is 11.3. The summed E-state index contributed by atoms with van der Waals surface area (Å²) in [6, 6.07) is 9.94. The number of pyridine rings is 1. The molecular weight excluding hydrogens is 248 g/mol. The maximum atomic E-state index is 5.81. The average molecular weight is 264 g/mol. The Morgan fingerprint density at radius 1 is 1.10 bits per heavy atom. The van der Waals surface area contributed by atoms with E-state index in [0.717, 1.165) is 34.5 Å². The monoisotopic (exact) mass is 264 g/mol. The fraction of sp³-hybridized carbons (Fsp3) is 0.125. The standard InChI is InChI=1S/C16H16N4/c1-12-5-13(8-18-7-12)10-20-11-15(9-19-20)14-3-2-4-16(17)6-14/h2-9,11H,10,17H2,1H3. The maximum absolute atomic E-state index is 5.81. The first-order valence-corrected chi connectivity index (χ1v) is 6.49. The lowest BCUT2D eigenvalue weighted by Gasteiger charge is -2.02. The molecule has 0 saturated heterocycles. The molecule has 0 bridgehead atoms. The van der Waals surface area contributed by atoms with Crippen molar-refractivity contribution in [2.24, 2.45) is 0 Å². The molecule has 4 heteroatoms. The summed E-state index contributed by atoms with van der Waals surface area (Å²) in [5.41, 5.74) is 11.0. The van der Waals surface area contributed by atoms with E-state index in [2.05, 4.69) is 16.1 Å². The minimum atomic E-state index is 0.719. The number of aryl methyl sites for hydroxylation is 1. The third-order valence-electron chi connectivity index (χ3n) is 3.13. The van der Waals surface area contributed by atoms with Crippen LogP contribution in [0.1, 0.15) is 11.1 Å². The third kappa shape index (κ3) is 2.69. The number of aromatic nitrogens is 3. The summed E-state index contributed by atoms with van der Waals surface area (Å²) in [6.07, 6.45) is 7.61. The van der Waals surface area contributed by atoms with Crippen molar-refractivity contribution in [3.8, 4) is 11.1 Å². The second-order valence-electron chi connectivity index (χ2n) is 4.92. The highest BCUT2D eigenvalue weighted by atomic mass is 15.3. The first kappa shape index (κ1) is 12.4. The molecule has 2 aromatic heterocycles. The predicted octanol–water partition coefficient (Wildman–Crippen LogP) is 2.88.